The number of allylic oxidation sites excluding steroid dienone is 1. The predicted octanol–water partition coefficient (Wildman–Crippen LogP) is 10.5. The molecule has 4 aliphatic carbocycles. The van der Waals surface area contributed by atoms with Crippen LogP contribution in [0.3, 0.4) is 0 Å². The van der Waals surface area contributed by atoms with Crippen molar-refractivity contribution in [3.63, 3.8) is 0 Å². The molecule has 1 spiro atoms. The molecule has 0 aromatic rings. The van der Waals surface area contributed by atoms with Crippen molar-refractivity contribution in [3.8, 4) is 0 Å². The van der Waals surface area contributed by atoms with Crippen molar-refractivity contribution in [2.75, 3.05) is 6.61 Å². The molecule has 2 bridgehead atoms. The number of fused-ring (bicyclic) bond motifs is 3. The van der Waals surface area contributed by atoms with Crippen molar-refractivity contribution in [1.29, 1.82) is 0 Å². The van der Waals surface area contributed by atoms with E-state index in [-0.39, 0.29) is 34.3 Å². The van der Waals surface area contributed by atoms with Gasteiger partial charge in [0.2, 0.25) is 0 Å². The molecular formula is C38H64O4. The van der Waals surface area contributed by atoms with E-state index < -0.39 is 0 Å². The normalized spacial score (nSPS) is 35.4. The second-order valence-corrected chi connectivity index (χ2v) is 15.7. The lowest BCUT2D eigenvalue weighted by Gasteiger charge is -2.65. The van der Waals surface area contributed by atoms with Crippen LogP contribution in [0.1, 0.15) is 169 Å². The van der Waals surface area contributed by atoms with Crippen LogP contribution >= 0.6 is 0 Å². The van der Waals surface area contributed by atoms with Crippen LogP contribution < -0.4 is 0 Å². The number of ether oxygens (including phenoxy) is 2. The van der Waals surface area contributed by atoms with Crippen LogP contribution in [0.2, 0.25) is 0 Å². The van der Waals surface area contributed by atoms with Crippen LogP contribution in [0.4, 0.5) is 0 Å². The van der Waals surface area contributed by atoms with Crippen LogP contribution in [0.5, 0.6) is 0 Å². The lowest BCUT2D eigenvalue weighted by Crippen LogP contribution is -2.62. The third kappa shape index (κ3) is 7.66. The second-order valence-electron chi connectivity index (χ2n) is 15.7. The van der Waals surface area contributed by atoms with E-state index in [9.17, 15) is 9.59 Å². The van der Waals surface area contributed by atoms with Crippen LogP contribution in [-0.2, 0) is 19.1 Å². The van der Waals surface area contributed by atoms with Gasteiger partial charge in [-0.25, -0.2) is 0 Å². The van der Waals surface area contributed by atoms with E-state index in [2.05, 4.69) is 27.4 Å². The summed E-state index contributed by atoms with van der Waals surface area (Å²) in [5, 5.41) is 0. The number of carbonyl (C=O) groups excluding carboxylic acids is 2. The van der Waals surface area contributed by atoms with Gasteiger partial charge in [-0.3, -0.25) is 9.59 Å². The summed E-state index contributed by atoms with van der Waals surface area (Å²) in [7, 11) is 0. The Morgan fingerprint density at radius 3 is 2.10 bits per heavy atom. The number of hydrogen-bond donors (Lipinski definition) is 0. The first-order valence-corrected chi connectivity index (χ1v) is 18.1. The molecule has 4 heteroatoms. The minimum absolute atomic E-state index is 0.0250. The molecule has 0 aromatic heterocycles. The van der Waals surface area contributed by atoms with Crippen molar-refractivity contribution in [3.05, 3.63) is 12.2 Å². The van der Waals surface area contributed by atoms with Gasteiger partial charge in [0, 0.05) is 24.2 Å². The molecular weight excluding hydrogens is 520 g/mol. The van der Waals surface area contributed by atoms with Crippen LogP contribution in [-0.4, -0.2) is 24.6 Å². The van der Waals surface area contributed by atoms with E-state index in [1.807, 2.05) is 0 Å². The number of hydrogen-bond acceptors (Lipinski definition) is 4. The molecule has 0 aliphatic heterocycles. The average molecular weight is 585 g/mol. The fourth-order valence-corrected chi connectivity index (χ4v) is 10.5. The van der Waals surface area contributed by atoms with Gasteiger partial charge in [-0.15, -0.1) is 0 Å². The van der Waals surface area contributed by atoms with E-state index in [0.717, 1.165) is 38.5 Å². The molecule has 0 N–H and O–H groups in total. The molecule has 7 unspecified atom stereocenters. The smallest absolute Gasteiger partial charge is 0.305 e. The van der Waals surface area contributed by atoms with Gasteiger partial charge in [0.05, 0.1) is 6.61 Å². The Labute approximate surface area is 258 Å². The van der Waals surface area contributed by atoms with Gasteiger partial charge in [0.15, 0.2) is 0 Å². The molecule has 4 fully saturated rings. The molecule has 0 aromatic carbocycles. The highest BCUT2D eigenvalue weighted by atomic mass is 16.5. The number of unbranched alkanes of at least 4 members (excludes halogenated alkanes) is 12. The highest BCUT2D eigenvalue weighted by molar-refractivity contribution is 5.69. The first kappa shape index (κ1) is 33.6. The zero-order valence-electron chi connectivity index (χ0n) is 27.9. The summed E-state index contributed by atoms with van der Waals surface area (Å²) in [5.74, 6) is 1.36. The summed E-state index contributed by atoms with van der Waals surface area (Å²) < 4.78 is 12.2. The first-order valence-electron chi connectivity index (χ1n) is 18.1. The van der Waals surface area contributed by atoms with Gasteiger partial charge >= 0.3 is 11.9 Å². The van der Waals surface area contributed by atoms with Crippen LogP contribution in [0, 0.1) is 34.0 Å². The average Bonchev–Trinajstić information content (AvgIpc) is 3.19. The SMILES string of the molecule is C=C1CC23CC1CCC2C1(C)CCCC(C)(COC(=O)CCCCCCCCCCCCCCC)C1CC3OC(C)=O. The van der Waals surface area contributed by atoms with Gasteiger partial charge in [-0.05, 0) is 74.5 Å². The van der Waals surface area contributed by atoms with Crippen molar-refractivity contribution in [2.45, 2.75) is 175 Å². The molecule has 4 rings (SSSR count). The van der Waals surface area contributed by atoms with Crippen molar-refractivity contribution < 1.29 is 19.1 Å². The van der Waals surface area contributed by atoms with Crippen LogP contribution in [0.25, 0.3) is 0 Å². The minimum atomic E-state index is -0.155. The molecule has 0 saturated heterocycles. The Bertz CT molecular complexity index is 911. The Morgan fingerprint density at radius 1 is 0.857 bits per heavy atom. The molecule has 42 heavy (non-hydrogen) atoms. The van der Waals surface area contributed by atoms with Crippen molar-refractivity contribution in [2.24, 2.45) is 34.0 Å². The molecule has 7 atom stereocenters. The molecule has 4 saturated carbocycles. The third-order valence-electron chi connectivity index (χ3n) is 12.6. The first-order chi connectivity index (χ1) is 20.1. The fourth-order valence-electron chi connectivity index (χ4n) is 10.5. The van der Waals surface area contributed by atoms with Crippen LogP contribution in [0.15, 0.2) is 12.2 Å². The highest BCUT2D eigenvalue weighted by Crippen LogP contribution is 2.72. The molecule has 0 amide bonds. The van der Waals surface area contributed by atoms with Crippen molar-refractivity contribution >= 4 is 11.9 Å². The number of esters is 2. The predicted molar refractivity (Wildman–Crippen MR) is 172 cm³/mol. The van der Waals surface area contributed by atoms with Gasteiger partial charge in [-0.1, -0.05) is 116 Å². The summed E-state index contributed by atoms with van der Waals surface area (Å²) in [6, 6.07) is 0. The topological polar surface area (TPSA) is 52.6 Å². The lowest BCUT2D eigenvalue weighted by molar-refractivity contribution is -0.220. The maximum atomic E-state index is 12.8. The molecule has 4 nitrogen and oxygen atoms in total. The van der Waals surface area contributed by atoms with E-state index in [4.69, 9.17) is 9.47 Å². The van der Waals surface area contributed by atoms with E-state index >= 15 is 0 Å². The second kappa shape index (κ2) is 15.1. The lowest BCUT2D eigenvalue weighted by atomic mass is 9.40. The van der Waals surface area contributed by atoms with Gasteiger partial charge < -0.3 is 9.47 Å². The zero-order valence-corrected chi connectivity index (χ0v) is 27.9. The minimum Gasteiger partial charge on any atom is -0.465 e. The maximum Gasteiger partial charge on any atom is 0.305 e. The summed E-state index contributed by atoms with van der Waals surface area (Å²) in [5.41, 5.74) is 1.57. The molecule has 0 radical (unpaired) electrons. The Kier molecular flexibility index (Phi) is 12.1. The molecule has 0 heterocycles. The Balaban J connectivity index is 1.21. The van der Waals surface area contributed by atoms with E-state index in [1.54, 1.807) is 6.92 Å². The standard InChI is InChI=1S/C38H64O4/c1-6-7-8-9-10-11-12-13-14-15-16-17-18-20-35(40)41-28-36(4)23-19-24-37(5)32-22-21-31-27-38(32,26-29(31)2)34(25-33(36)37)42-30(3)39/h31-34H,2,6-28H2,1,3-5H3. The van der Waals surface area contributed by atoms with Gasteiger partial charge in [-0.2, -0.15) is 0 Å². The molecule has 4 aliphatic rings. The van der Waals surface area contributed by atoms with E-state index in [0.29, 0.717) is 30.8 Å². The van der Waals surface area contributed by atoms with E-state index in [1.165, 1.54) is 102 Å². The third-order valence-corrected chi connectivity index (χ3v) is 12.6. The number of carbonyl (C=O) groups is 2. The largest absolute Gasteiger partial charge is 0.465 e. The van der Waals surface area contributed by atoms with Gasteiger partial charge in [0.25, 0.3) is 0 Å². The van der Waals surface area contributed by atoms with Gasteiger partial charge in [0.1, 0.15) is 6.10 Å². The monoisotopic (exact) mass is 584 g/mol. The fraction of sp³-hybridized carbons (Fsp3) is 0.895. The Hall–Kier alpha value is -1.32. The zero-order chi connectivity index (χ0) is 30.2. The number of rotatable bonds is 17. The quantitative estimate of drug-likeness (QED) is 0.0969. The summed E-state index contributed by atoms with van der Waals surface area (Å²) in [6.07, 6.45) is 26.5. The highest BCUT2D eigenvalue weighted by Gasteiger charge is 2.68. The summed E-state index contributed by atoms with van der Waals surface area (Å²) in [6.45, 7) is 13.7. The molecule has 240 valence electrons. The summed E-state index contributed by atoms with van der Waals surface area (Å²) >= 11 is 0. The maximum absolute atomic E-state index is 12.8. The summed E-state index contributed by atoms with van der Waals surface area (Å²) in [4.78, 5) is 25.2. The Morgan fingerprint density at radius 2 is 1.48 bits per heavy atom. The van der Waals surface area contributed by atoms with Crippen molar-refractivity contribution in [1.82, 2.24) is 0 Å².